The summed E-state index contributed by atoms with van der Waals surface area (Å²) in [5.74, 6) is -0.687. The molecule has 4 amide bonds. The molecule has 0 unspecified atom stereocenters. The highest BCUT2D eigenvalue weighted by Gasteiger charge is 2.54. The fourth-order valence-corrected chi connectivity index (χ4v) is 5.68. The molecule has 1 aliphatic heterocycles. The minimum atomic E-state index is -1.02. The van der Waals surface area contributed by atoms with E-state index in [-0.39, 0.29) is 24.4 Å². The van der Waals surface area contributed by atoms with Crippen molar-refractivity contribution in [2.75, 3.05) is 6.54 Å². The van der Waals surface area contributed by atoms with Crippen molar-refractivity contribution in [3.05, 3.63) is 69.9 Å². The number of urea groups is 1. The number of hydrogen-bond donors (Lipinski definition) is 2. The molecule has 2 heterocycles. The first-order chi connectivity index (χ1) is 15.0. The molecule has 1 aromatic heterocycles. The highest BCUT2D eigenvalue weighted by atomic mass is 32.1. The zero-order valence-electron chi connectivity index (χ0n) is 17.2. The number of imide groups is 1. The largest absolute Gasteiger partial charge is 0.348 e. The first-order valence-corrected chi connectivity index (χ1v) is 11.3. The van der Waals surface area contributed by atoms with Gasteiger partial charge in [0.2, 0.25) is 5.91 Å². The second kappa shape index (κ2) is 7.50. The van der Waals surface area contributed by atoms with Gasteiger partial charge in [0.05, 0.1) is 6.04 Å². The number of carbonyl (C=O) groups is 3. The number of aryl methyl sites for hydroxylation is 1. The van der Waals surface area contributed by atoms with Gasteiger partial charge in [0.15, 0.2) is 0 Å². The Labute approximate surface area is 184 Å². The molecule has 1 fully saturated rings. The Kier molecular flexibility index (Phi) is 4.78. The van der Waals surface area contributed by atoms with E-state index in [9.17, 15) is 14.4 Å². The lowest BCUT2D eigenvalue weighted by molar-refractivity contribution is -0.135. The van der Waals surface area contributed by atoms with Crippen LogP contribution in [0.25, 0.3) is 10.8 Å². The third-order valence-corrected chi connectivity index (χ3v) is 7.27. The summed E-state index contributed by atoms with van der Waals surface area (Å²) >= 11 is 1.61. The predicted molar refractivity (Wildman–Crippen MR) is 120 cm³/mol. The molecule has 0 saturated carbocycles. The summed E-state index contributed by atoms with van der Waals surface area (Å²) in [5, 5.41) is 10.00. The highest BCUT2D eigenvalue weighted by molar-refractivity contribution is 7.10. The molecular formula is C24H23N3O3S. The molecule has 3 aromatic rings. The Morgan fingerprint density at radius 1 is 1.19 bits per heavy atom. The van der Waals surface area contributed by atoms with E-state index in [4.69, 9.17) is 0 Å². The number of fused-ring (bicyclic) bond motifs is 3. The van der Waals surface area contributed by atoms with Crippen LogP contribution in [0.3, 0.4) is 0 Å². The van der Waals surface area contributed by atoms with Gasteiger partial charge in [-0.3, -0.25) is 14.5 Å². The second-order valence-electron chi connectivity index (χ2n) is 8.23. The van der Waals surface area contributed by atoms with E-state index >= 15 is 0 Å². The maximum Gasteiger partial charge on any atom is 0.325 e. The van der Waals surface area contributed by atoms with E-state index in [0.717, 1.165) is 44.5 Å². The minimum absolute atomic E-state index is 0.245. The number of nitrogens with one attached hydrogen (secondary N) is 2. The van der Waals surface area contributed by atoms with Gasteiger partial charge in [-0.2, -0.15) is 0 Å². The van der Waals surface area contributed by atoms with E-state index in [1.54, 1.807) is 11.3 Å². The van der Waals surface area contributed by atoms with Crippen molar-refractivity contribution in [2.24, 2.45) is 0 Å². The summed E-state index contributed by atoms with van der Waals surface area (Å²) in [5.41, 5.74) is 0.833. The number of hydrogen-bond acceptors (Lipinski definition) is 4. The van der Waals surface area contributed by atoms with Crippen LogP contribution in [0, 0.1) is 0 Å². The topological polar surface area (TPSA) is 78.5 Å². The second-order valence-corrected chi connectivity index (χ2v) is 9.23. The lowest BCUT2D eigenvalue weighted by Gasteiger charge is -2.31. The molecule has 2 atom stereocenters. The Hall–Kier alpha value is -3.19. The highest BCUT2D eigenvalue weighted by Crippen LogP contribution is 2.42. The Balaban J connectivity index is 1.30. The van der Waals surface area contributed by atoms with Gasteiger partial charge in [-0.05, 0) is 60.0 Å². The van der Waals surface area contributed by atoms with Gasteiger partial charge in [-0.25, -0.2) is 4.79 Å². The molecule has 31 heavy (non-hydrogen) atoms. The van der Waals surface area contributed by atoms with Crippen LogP contribution < -0.4 is 10.6 Å². The monoisotopic (exact) mass is 433 g/mol. The van der Waals surface area contributed by atoms with Gasteiger partial charge in [0.25, 0.3) is 5.91 Å². The van der Waals surface area contributed by atoms with Gasteiger partial charge in [0.1, 0.15) is 12.1 Å². The van der Waals surface area contributed by atoms with E-state index in [2.05, 4.69) is 10.6 Å². The fraction of sp³-hybridized carbons (Fsp3) is 0.292. The van der Waals surface area contributed by atoms with Crippen LogP contribution in [0.2, 0.25) is 0 Å². The third-order valence-electron chi connectivity index (χ3n) is 6.29. The van der Waals surface area contributed by atoms with Crippen molar-refractivity contribution >= 4 is 40.0 Å². The first-order valence-electron chi connectivity index (χ1n) is 10.5. The zero-order valence-corrected chi connectivity index (χ0v) is 18.0. The summed E-state index contributed by atoms with van der Waals surface area (Å²) in [4.78, 5) is 40.8. The van der Waals surface area contributed by atoms with Crippen LogP contribution >= 0.6 is 11.3 Å². The van der Waals surface area contributed by atoms with Crippen molar-refractivity contribution in [3.8, 4) is 0 Å². The standard InChI is InChI=1S/C24H23N3O3S/c1-15(17-9-8-16-5-2-3-6-18(16)13-17)25-21(28)14-27-22(29)24(26-23(27)30)11-4-7-20-19(24)10-12-31-20/h2-3,5-6,8-10,12-13,15H,4,7,11,14H2,1H3,(H,25,28)(H,26,30)/t15-,24-/m0/s1. The summed E-state index contributed by atoms with van der Waals surface area (Å²) in [6.07, 6.45) is 2.31. The van der Waals surface area contributed by atoms with Gasteiger partial charge >= 0.3 is 6.03 Å². The molecule has 7 heteroatoms. The fourth-order valence-electron chi connectivity index (χ4n) is 4.68. The van der Waals surface area contributed by atoms with E-state index in [0.29, 0.717) is 6.42 Å². The van der Waals surface area contributed by atoms with Gasteiger partial charge in [-0.15, -0.1) is 11.3 Å². The Morgan fingerprint density at radius 2 is 2.00 bits per heavy atom. The normalized spacial score (nSPS) is 21.3. The van der Waals surface area contributed by atoms with Gasteiger partial charge < -0.3 is 10.6 Å². The van der Waals surface area contributed by atoms with Gasteiger partial charge in [-0.1, -0.05) is 36.4 Å². The van der Waals surface area contributed by atoms with Crippen molar-refractivity contribution in [1.29, 1.82) is 0 Å². The quantitative estimate of drug-likeness (QED) is 0.613. The Bertz CT molecular complexity index is 1200. The molecule has 158 valence electrons. The van der Waals surface area contributed by atoms with Crippen LogP contribution in [0.1, 0.15) is 41.8 Å². The average molecular weight is 434 g/mol. The molecule has 2 aromatic carbocycles. The smallest absolute Gasteiger partial charge is 0.325 e. The molecule has 6 nitrogen and oxygen atoms in total. The molecule has 5 rings (SSSR count). The molecule has 2 N–H and O–H groups in total. The van der Waals surface area contributed by atoms with Crippen molar-refractivity contribution in [3.63, 3.8) is 0 Å². The summed E-state index contributed by atoms with van der Waals surface area (Å²) in [7, 11) is 0. The molecular weight excluding hydrogens is 410 g/mol. The number of amides is 4. The minimum Gasteiger partial charge on any atom is -0.348 e. The lowest BCUT2D eigenvalue weighted by Crippen LogP contribution is -2.47. The van der Waals surface area contributed by atoms with Crippen LogP contribution in [-0.2, 0) is 21.5 Å². The van der Waals surface area contributed by atoms with Crippen molar-refractivity contribution < 1.29 is 14.4 Å². The van der Waals surface area contributed by atoms with Crippen LogP contribution in [0.5, 0.6) is 0 Å². The van der Waals surface area contributed by atoms with E-state index < -0.39 is 11.6 Å². The third kappa shape index (κ3) is 3.29. The number of benzene rings is 2. The summed E-state index contributed by atoms with van der Waals surface area (Å²) in [6.45, 7) is 1.61. The van der Waals surface area contributed by atoms with E-state index in [1.807, 2.05) is 60.8 Å². The average Bonchev–Trinajstić information content (AvgIpc) is 3.34. The molecule has 1 aliphatic carbocycles. The van der Waals surface area contributed by atoms with Crippen LogP contribution in [0.15, 0.2) is 53.9 Å². The van der Waals surface area contributed by atoms with Gasteiger partial charge in [0, 0.05) is 10.4 Å². The maximum absolute atomic E-state index is 13.3. The summed E-state index contributed by atoms with van der Waals surface area (Å²) in [6, 6.07) is 15.3. The van der Waals surface area contributed by atoms with Crippen LogP contribution in [-0.4, -0.2) is 29.3 Å². The lowest BCUT2D eigenvalue weighted by atomic mass is 9.80. The number of rotatable bonds is 4. The number of nitrogens with zero attached hydrogens (tertiary/aromatic N) is 1. The maximum atomic E-state index is 13.3. The first kappa shape index (κ1) is 19.8. The molecule has 1 saturated heterocycles. The molecule has 0 bridgehead atoms. The number of thiophene rings is 1. The van der Waals surface area contributed by atoms with Crippen LogP contribution in [0.4, 0.5) is 4.79 Å². The van der Waals surface area contributed by atoms with Crippen molar-refractivity contribution in [2.45, 2.75) is 37.8 Å². The Morgan fingerprint density at radius 3 is 2.84 bits per heavy atom. The predicted octanol–water partition coefficient (Wildman–Crippen LogP) is 3.86. The molecule has 1 spiro atoms. The summed E-state index contributed by atoms with van der Waals surface area (Å²) < 4.78 is 0. The zero-order chi connectivity index (χ0) is 21.6. The number of carbonyl (C=O) groups excluding carboxylic acids is 3. The molecule has 2 aliphatic rings. The molecule has 0 radical (unpaired) electrons. The van der Waals surface area contributed by atoms with E-state index in [1.165, 1.54) is 0 Å². The SMILES string of the molecule is C[C@H](NC(=O)CN1C(=O)N[C@]2(CCCc3sccc32)C1=O)c1ccc2ccccc2c1. The van der Waals surface area contributed by atoms with Crippen molar-refractivity contribution in [1.82, 2.24) is 15.5 Å².